The summed E-state index contributed by atoms with van der Waals surface area (Å²) in [5.74, 6) is 2.89. The van der Waals surface area contributed by atoms with Gasteiger partial charge in [-0.3, -0.25) is 4.72 Å². The molecule has 0 aliphatic carbocycles. The number of ether oxygens (including phenoxy) is 3. The first-order valence-electron chi connectivity index (χ1n) is 11.1. The zero-order valence-electron chi connectivity index (χ0n) is 19.6. The standard InChI is InChI=1S/C25H26N4O5S/c1-4-32-21-12-13-23(22(16-21)33-5-2)35(30,31)28-19-8-10-20(11-9-19)34-25-17-24(26-18(3)27-25)29-14-6-7-15-29/h6-17,28H,4-5H2,1-3H3. The van der Waals surface area contributed by atoms with Crippen LogP contribution in [0.1, 0.15) is 19.7 Å². The van der Waals surface area contributed by atoms with Gasteiger partial charge in [0.2, 0.25) is 5.88 Å². The van der Waals surface area contributed by atoms with E-state index < -0.39 is 10.0 Å². The first kappa shape index (κ1) is 24.1. The molecular weight excluding hydrogens is 468 g/mol. The minimum atomic E-state index is -3.90. The number of sulfonamides is 1. The zero-order chi connectivity index (χ0) is 24.8. The third-order valence-corrected chi connectivity index (χ3v) is 6.24. The smallest absolute Gasteiger partial charge is 0.265 e. The summed E-state index contributed by atoms with van der Waals surface area (Å²) in [7, 11) is -3.90. The van der Waals surface area contributed by atoms with Crippen molar-refractivity contribution in [2.75, 3.05) is 17.9 Å². The summed E-state index contributed by atoms with van der Waals surface area (Å²) in [6, 6.07) is 16.7. The number of hydrogen-bond donors (Lipinski definition) is 1. The van der Waals surface area contributed by atoms with Crippen LogP contribution in [-0.4, -0.2) is 36.2 Å². The van der Waals surface area contributed by atoms with Crippen molar-refractivity contribution in [3.8, 4) is 28.9 Å². The van der Waals surface area contributed by atoms with Crippen LogP contribution in [-0.2, 0) is 10.0 Å². The molecule has 0 saturated carbocycles. The van der Waals surface area contributed by atoms with E-state index >= 15 is 0 Å². The Labute approximate surface area is 204 Å². The topological polar surface area (TPSA) is 105 Å². The van der Waals surface area contributed by atoms with Crippen molar-refractivity contribution < 1.29 is 22.6 Å². The highest BCUT2D eigenvalue weighted by Crippen LogP contribution is 2.31. The Hall–Kier alpha value is -4.05. The van der Waals surface area contributed by atoms with Crippen LogP contribution < -0.4 is 18.9 Å². The van der Waals surface area contributed by atoms with E-state index in [4.69, 9.17) is 14.2 Å². The fourth-order valence-corrected chi connectivity index (χ4v) is 4.54. The highest BCUT2D eigenvalue weighted by atomic mass is 32.2. The summed E-state index contributed by atoms with van der Waals surface area (Å²) in [6.45, 7) is 6.21. The molecule has 9 nitrogen and oxygen atoms in total. The molecule has 0 spiro atoms. The summed E-state index contributed by atoms with van der Waals surface area (Å²) >= 11 is 0. The molecule has 0 atom stereocenters. The van der Waals surface area contributed by atoms with Gasteiger partial charge in [0.25, 0.3) is 10.0 Å². The third kappa shape index (κ3) is 5.90. The summed E-state index contributed by atoms with van der Waals surface area (Å²) < 4.78 is 47.4. The van der Waals surface area contributed by atoms with Gasteiger partial charge in [-0.05, 0) is 69.3 Å². The Morgan fingerprint density at radius 2 is 1.57 bits per heavy atom. The number of aryl methyl sites for hydroxylation is 1. The van der Waals surface area contributed by atoms with E-state index in [1.54, 1.807) is 56.3 Å². The van der Waals surface area contributed by atoms with E-state index in [2.05, 4.69) is 14.7 Å². The average Bonchev–Trinajstić information content (AvgIpc) is 3.36. The van der Waals surface area contributed by atoms with Crippen LogP contribution in [0.4, 0.5) is 5.69 Å². The minimum Gasteiger partial charge on any atom is -0.494 e. The number of rotatable bonds is 10. The maximum atomic E-state index is 13.0. The van der Waals surface area contributed by atoms with Crippen LogP contribution in [0, 0.1) is 6.92 Å². The van der Waals surface area contributed by atoms with Crippen molar-refractivity contribution in [3.05, 3.63) is 78.9 Å². The van der Waals surface area contributed by atoms with Gasteiger partial charge in [-0.2, -0.15) is 4.98 Å². The second kappa shape index (κ2) is 10.5. The molecule has 2 aromatic carbocycles. The highest BCUT2D eigenvalue weighted by Gasteiger charge is 2.21. The molecule has 4 aromatic rings. The fraction of sp³-hybridized carbons (Fsp3) is 0.200. The van der Waals surface area contributed by atoms with Crippen LogP contribution in [0.2, 0.25) is 0 Å². The molecule has 2 heterocycles. The monoisotopic (exact) mass is 494 g/mol. The molecule has 2 aromatic heterocycles. The summed E-state index contributed by atoms with van der Waals surface area (Å²) in [5.41, 5.74) is 0.376. The van der Waals surface area contributed by atoms with Crippen LogP contribution in [0.5, 0.6) is 23.1 Å². The lowest BCUT2D eigenvalue weighted by Crippen LogP contribution is -2.14. The molecule has 0 unspecified atom stereocenters. The maximum Gasteiger partial charge on any atom is 0.265 e. The van der Waals surface area contributed by atoms with E-state index in [0.717, 1.165) is 0 Å². The summed E-state index contributed by atoms with van der Waals surface area (Å²) in [6.07, 6.45) is 3.77. The van der Waals surface area contributed by atoms with Crippen molar-refractivity contribution >= 4 is 15.7 Å². The molecule has 0 aliphatic rings. The first-order valence-corrected chi connectivity index (χ1v) is 12.6. The van der Waals surface area contributed by atoms with Gasteiger partial charge in [0.05, 0.1) is 13.2 Å². The van der Waals surface area contributed by atoms with Gasteiger partial charge in [0.1, 0.15) is 33.8 Å². The molecule has 1 N–H and O–H groups in total. The highest BCUT2D eigenvalue weighted by molar-refractivity contribution is 7.92. The lowest BCUT2D eigenvalue weighted by atomic mass is 10.3. The summed E-state index contributed by atoms with van der Waals surface area (Å²) in [5, 5.41) is 0. The lowest BCUT2D eigenvalue weighted by molar-refractivity contribution is 0.317. The fourth-order valence-electron chi connectivity index (χ4n) is 3.35. The molecule has 0 fully saturated rings. The van der Waals surface area contributed by atoms with Crippen molar-refractivity contribution in [2.45, 2.75) is 25.7 Å². The molecule has 0 amide bonds. The third-order valence-electron chi connectivity index (χ3n) is 4.81. The maximum absolute atomic E-state index is 13.0. The Bertz CT molecular complexity index is 1390. The number of benzene rings is 2. The summed E-state index contributed by atoms with van der Waals surface area (Å²) in [4.78, 5) is 8.76. The van der Waals surface area contributed by atoms with Gasteiger partial charge in [-0.1, -0.05) is 0 Å². The Balaban J connectivity index is 1.51. The minimum absolute atomic E-state index is 0.0251. The van der Waals surface area contributed by atoms with Crippen LogP contribution >= 0.6 is 0 Å². The molecule has 4 rings (SSSR count). The lowest BCUT2D eigenvalue weighted by Gasteiger charge is -2.14. The molecule has 10 heteroatoms. The number of nitrogens with one attached hydrogen (secondary N) is 1. The van der Waals surface area contributed by atoms with E-state index in [0.29, 0.717) is 47.9 Å². The Morgan fingerprint density at radius 1 is 0.886 bits per heavy atom. The van der Waals surface area contributed by atoms with Gasteiger partial charge in [0.15, 0.2) is 0 Å². The van der Waals surface area contributed by atoms with Gasteiger partial charge >= 0.3 is 0 Å². The number of nitrogens with zero attached hydrogens (tertiary/aromatic N) is 3. The largest absolute Gasteiger partial charge is 0.494 e. The van der Waals surface area contributed by atoms with Crippen LogP contribution in [0.15, 0.2) is 78.0 Å². The van der Waals surface area contributed by atoms with E-state index in [1.807, 2.05) is 36.0 Å². The van der Waals surface area contributed by atoms with Gasteiger partial charge in [0, 0.05) is 30.2 Å². The molecule has 35 heavy (non-hydrogen) atoms. The van der Waals surface area contributed by atoms with E-state index in [-0.39, 0.29) is 10.6 Å². The van der Waals surface area contributed by atoms with Crippen molar-refractivity contribution in [1.29, 1.82) is 0 Å². The van der Waals surface area contributed by atoms with Crippen molar-refractivity contribution in [1.82, 2.24) is 14.5 Å². The molecule has 0 radical (unpaired) electrons. The van der Waals surface area contributed by atoms with E-state index in [9.17, 15) is 8.42 Å². The van der Waals surface area contributed by atoms with Crippen LogP contribution in [0.3, 0.4) is 0 Å². The van der Waals surface area contributed by atoms with E-state index in [1.165, 1.54) is 6.07 Å². The zero-order valence-corrected chi connectivity index (χ0v) is 20.5. The quantitative estimate of drug-likeness (QED) is 0.332. The predicted molar refractivity (Wildman–Crippen MR) is 132 cm³/mol. The number of anilines is 1. The molecule has 0 bridgehead atoms. The molecule has 0 aliphatic heterocycles. The molecular formula is C25H26N4O5S. The SMILES string of the molecule is CCOc1ccc(S(=O)(=O)Nc2ccc(Oc3cc(-n4cccc4)nc(C)n3)cc2)c(OCC)c1. The Morgan fingerprint density at radius 3 is 2.26 bits per heavy atom. The average molecular weight is 495 g/mol. The van der Waals surface area contributed by atoms with Crippen molar-refractivity contribution in [2.24, 2.45) is 0 Å². The van der Waals surface area contributed by atoms with Gasteiger partial charge < -0.3 is 18.8 Å². The second-order valence-electron chi connectivity index (χ2n) is 7.41. The second-order valence-corrected chi connectivity index (χ2v) is 9.06. The Kier molecular flexibility index (Phi) is 7.21. The van der Waals surface area contributed by atoms with Crippen molar-refractivity contribution in [3.63, 3.8) is 0 Å². The van der Waals surface area contributed by atoms with Gasteiger partial charge in [-0.25, -0.2) is 13.4 Å². The van der Waals surface area contributed by atoms with Crippen LogP contribution in [0.25, 0.3) is 5.82 Å². The molecule has 0 saturated heterocycles. The molecule has 182 valence electrons. The number of aromatic nitrogens is 3. The van der Waals surface area contributed by atoms with Gasteiger partial charge in [-0.15, -0.1) is 0 Å². The predicted octanol–water partition coefficient (Wildman–Crippen LogP) is 4.97. The normalized spacial score (nSPS) is 11.2. The number of hydrogen-bond acceptors (Lipinski definition) is 7. The first-order chi connectivity index (χ1) is 16.9.